The third-order valence-corrected chi connectivity index (χ3v) is 10.3. The molecule has 1 aliphatic rings. The van der Waals surface area contributed by atoms with E-state index in [9.17, 15) is 0 Å². The third kappa shape index (κ3) is 5.62. The molecular formula is C42H47N5O. The highest BCUT2D eigenvalue weighted by Gasteiger charge is 2.33. The molecule has 48 heavy (non-hydrogen) atoms. The first kappa shape index (κ1) is 31.9. The second-order valence-corrected chi connectivity index (χ2v) is 14.4. The van der Waals surface area contributed by atoms with E-state index in [-0.39, 0.29) is 0 Å². The summed E-state index contributed by atoms with van der Waals surface area (Å²) in [6, 6.07) is 26.1. The molecule has 6 aromatic rings. The first-order chi connectivity index (χ1) is 23.0. The molecule has 0 saturated heterocycles. The van der Waals surface area contributed by atoms with Crippen LogP contribution in [0.25, 0.3) is 33.3 Å². The maximum atomic E-state index is 6.72. The van der Waals surface area contributed by atoms with Crippen LogP contribution in [-0.2, 0) is 0 Å². The van der Waals surface area contributed by atoms with Gasteiger partial charge in [-0.25, -0.2) is 9.67 Å². The van der Waals surface area contributed by atoms with Crippen molar-refractivity contribution in [3.8, 4) is 23.0 Å². The van der Waals surface area contributed by atoms with Gasteiger partial charge < -0.3 is 9.64 Å². The zero-order chi connectivity index (χ0) is 33.9. The molecule has 3 heterocycles. The lowest BCUT2D eigenvalue weighted by Crippen LogP contribution is -2.33. The number of likely N-dealkylation sites (N-methyl/N-ethyl adjacent to an activating group) is 1. The number of benzene rings is 3. The molecular weight excluding hydrogens is 590 g/mol. The molecule has 246 valence electrons. The van der Waals surface area contributed by atoms with Crippen molar-refractivity contribution in [1.82, 2.24) is 24.2 Å². The summed E-state index contributed by atoms with van der Waals surface area (Å²) in [7, 11) is 4.35. The fraction of sp³-hybridized carbons (Fsp3) is 0.333. The highest BCUT2D eigenvalue weighted by atomic mass is 16.5. The van der Waals surface area contributed by atoms with Gasteiger partial charge in [0.1, 0.15) is 17.3 Å². The lowest BCUT2D eigenvalue weighted by molar-refractivity contribution is 0.266. The summed E-state index contributed by atoms with van der Waals surface area (Å²) in [5.74, 6) is 3.70. The van der Waals surface area contributed by atoms with Crippen LogP contribution in [0.2, 0.25) is 0 Å². The Morgan fingerprint density at radius 3 is 2.35 bits per heavy atom. The largest absolute Gasteiger partial charge is 0.457 e. The molecule has 0 saturated carbocycles. The fourth-order valence-electron chi connectivity index (χ4n) is 7.83. The maximum Gasteiger partial charge on any atom is 0.137 e. The third-order valence-electron chi connectivity index (χ3n) is 10.3. The van der Waals surface area contributed by atoms with E-state index >= 15 is 0 Å². The van der Waals surface area contributed by atoms with Gasteiger partial charge in [-0.05, 0) is 114 Å². The van der Waals surface area contributed by atoms with Crippen molar-refractivity contribution in [2.24, 2.45) is 5.92 Å². The van der Waals surface area contributed by atoms with Gasteiger partial charge in [-0.2, -0.15) is 5.10 Å². The summed E-state index contributed by atoms with van der Waals surface area (Å²) in [6.07, 6.45) is 5.47. The van der Waals surface area contributed by atoms with Gasteiger partial charge in [0.2, 0.25) is 0 Å². The Hall–Kier alpha value is -4.68. The Kier molecular flexibility index (Phi) is 8.24. The van der Waals surface area contributed by atoms with Gasteiger partial charge in [0, 0.05) is 52.3 Å². The van der Waals surface area contributed by atoms with Gasteiger partial charge in [-0.3, -0.25) is 4.57 Å². The van der Waals surface area contributed by atoms with E-state index < -0.39 is 0 Å². The monoisotopic (exact) mass is 637 g/mol. The average molecular weight is 638 g/mol. The predicted molar refractivity (Wildman–Crippen MR) is 198 cm³/mol. The molecule has 0 radical (unpaired) electrons. The highest BCUT2D eigenvalue weighted by molar-refractivity contribution is 6.09. The number of aromatic nitrogens is 4. The minimum absolute atomic E-state index is 0.327. The number of hydrogen-bond acceptors (Lipinski definition) is 4. The Bertz CT molecular complexity index is 2180. The van der Waals surface area contributed by atoms with Crippen molar-refractivity contribution in [3.05, 3.63) is 119 Å². The van der Waals surface area contributed by atoms with E-state index in [4.69, 9.17) is 14.8 Å². The molecule has 0 spiro atoms. The summed E-state index contributed by atoms with van der Waals surface area (Å²) >= 11 is 0. The van der Waals surface area contributed by atoms with Crippen molar-refractivity contribution in [2.45, 2.75) is 72.8 Å². The van der Waals surface area contributed by atoms with Gasteiger partial charge in [-0.1, -0.05) is 50.6 Å². The van der Waals surface area contributed by atoms with Gasteiger partial charge in [0.05, 0.1) is 22.4 Å². The zero-order valence-corrected chi connectivity index (χ0v) is 29.7. The number of hydrogen-bond donors (Lipinski definition) is 0. The lowest BCUT2D eigenvalue weighted by atomic mass is 9.73. The molecule has 7 rings (SSSR count). The van der Waals surface area contributed by atoms with Crippen LogP contribution in [0.4, 0.5) is 0 Å². The van der Waals surface area contributed by atoms with Crippen LogP contribution < -0.4 is 4.74 Å². The van der Waals surface area contributed by atoms with Crippen molar-refractivity contribution in [1.29, 1.82) is 0 Å². The molecule has 0 aliphatic heterocycles. The minimum atomic E-state index is 0.327. The molecule has 6 heteroatoms. The van der Waals surface area contributed by atoms with Gasteiger partial charge in [-0.15, -0.1) is 0 Å². The first-order valence-corrected chi connectivity index (χ1v) is 17.2. The number of fused-ring (bicyclic) bond motifs is 3. The number of rotatable bonds is 7. The summed E-state index contributed by atoms with van der Waals surface area (Å²) < 4.78 is 11.1. The number of pyridine rings is 1. The SMILES string of the molecule is CC1=C[C@H](N(C)C)C[C@H](C)C1c1c(C)nn(-c2cc(Oc3ccc4c5ccccc5n(-c5cc(C)ccn5)c4c3)cc(C(C)C)c2)c1C. The van der Waals surface area contributed by atoms with E-state index in [1.54, 1.807) is 0 Å². The quantitative estimate of drug-likeness (QED) is 0.164. The molecule has 0 bridgehead atoms. The first-order valence-electron chi connectivity index (χ1n) is 17.2. The van der Waals surface area contributed by atoms with Crippen LogP contribution in [0, 0.1) is 26.7 Å². The minimum Gasteiger partial charge on any atom is -0.457 e. The molecule has 0 amide bonds. The lowest BCUT2D eigenvalue weighted by Gasteiger charge is -2.36. The summed E-state index contributed by atoms with van der Waals surface area (Å²) in [6.45, 7) is 15.6. The molecule has 3 atom stereocenters. The van der Waals surface area contributed by atoms with E-state index in [2.05, 4.69) is 150 Å². The smallest absolute Gasteiger partial charge is 0.137 e. The Morgan fingerprint density at radius 1 is 0.854 bits per heavy atom. The number of aryl methyl sites for hydroxylation is 2. The Labute approximate surface area is 284 Å². The van der Waals surface area contributed by atoms with Crippen molar-refractivity contribution in [2.75, 3.05) is 14.1 Å². The molecule has 3 aromatic heterocycles. The Morgan fingerprint density at radius 2 is 1.62 bits per heavy atom. The number of nitrogens with zero attached hydrogens (tertiary/aromatic N) is 5. The van der Waals surface area contributed by atoms with E-state index in [1.807, 2.05) is 12.3 Å². The van der Waals surface area contributed by atoms with E-state index in [1.165, 1.54) is 38.7 Å². The van der Waals surface area contributed by atoms with Crippen LogP contribution in [0.1, 0.15) is 74.0 Å². The van der Waals surface area contributed by atoms with Crippen LogP contribution >= 0.6 is 0 Å². The predicted octanol–water partition coefficient (Wildman–Crippen LogP) is 10.2. The zero-order valence-electron chi connectivity index (χ0n) is 29.7. The number of para-hydroxylation sites is 1. The van der Waals surface area contributed by atoms with Gasteiger partial charge in [0.25, 0.3) is 0 Å². The summed E-state index contributed by atoms with van der Waals surface area (Å²) in [5, 5.41) is 7.53. The summed E-state index contributed by atoms with van der Waals surface area (Å²) in [5.41, 5.74) is 10.7. The number of allylic oxidation sites excluding steroid dienone is 1. The molecule has 1 unspecified atom stereocenters. The topological polar surface area (TPSA) is 48.1 Å². The van der Waals surface area contributed by atoms with Crippen molar-refractivity contribution in [3.63, 3.8) is 0 Å². The number of ether oxygens (including phenoxy) is 1. The maximum absolute atomic E-state index is 6.72. The van der Waals surface area contributed by atoms with Crippen LogP contribution in [0.5, 0.6) is 11.5 Å². The average Bonchev–Trinajstić information content (AvgIpc) is 3.53. The van der Waals surface area contributed by atoms with Crippen LogP contribution in [0.3, 0.4) is 0 Å². The van der Waals surface area contributed by atoms with Crippen LogP contribution in [-0.4, -0.2) is 44.4 Å². The van der Waals surface area contributed by atoms with E-state index in [0.717, 1.165) is 46.2 Å². The fourth-order valence-corrected chi connectivity index (χ4v) is 7.83. The molecule has 6 nitrogen and oxygen atoms in total. The van der Waals surface area contributed by atoms with Gasteiger partial charge >= 0.3 is 0 Å². The molecule has 3 aromatic carbocycles. The van der Waals surface area contributed by atoms with E-state index in [0.29, 0.717) is 23.8 Å². The van der Waals surface area contributed by atoms with Gasteiger partial charge in [0.15, 0.2) is 0 Å². The molecule has 1 aliphatic carbocycles. The molecule has 0 fully saturated rings. The summed E-state index contributed by atoms with van der Waals surface area (Å²) in [4.78, 5) is 7.08. The van der Waals surface area contributed by atoms with Crippen molar-refractivity contribution < 1.29 is 4.74 Å². The normalized spacial score (nSPS) is 18.3. The Balaban J connectivity index is 1.30. The second kappa shape index (κ2) is 12.4. The van der Waals surface area contributed by atoms with Crippen LogP contribution in [0.15, 0.2) is 90.6 Å². The standard InChI is InChI=1S/C42H47N5O/c1-25(2)31-21-33(47-30(7)42(29(6)44-47)41-27(4)19-32(45(8)9)20-28(41)5)23-35(22-31)48-34-14-15-37-36-12-10-11-13-38(36)46(39(37)24-34)40-18-26(3)16-17-43-40/h10-19,21-25,28,32,41H,20H2,1-9H3/t28-,32-,41?/m0/s1. The highest BCUT2D eigenvalue weighted by Crippen LogP contribution is 2.43. The van der Waals surface area contributed by atoms with Crippen molar-refractivity contribution >= 4 is 21.8 Å². The molecule has 0 N–H and O–H groups in total. The second-order valence-electron chi connectivity index (χ2n) is 14.4.